The van der Waals surface area contributed by atoms with Crippen LogP contribution in [0.25, 0.3) is 10.9 Å². The van der Waals surface area contributed by atoms with E-state index in [9.17, 15) is 87.2 Å². The van der Waals surface area contributed by atoms with Crippen molar-refractivity contribution >= 4 is 111 Å². The van der Waals surface area contributed by atoms with Gasteiger partial charge in [0.2, 0.25) is 70.9 Å². The van der Waals surface area contributed by atoms with Crippen LogP contribution in [0.5, 0.6) is 0 Å². The molecule has 0 spiro atoms. The Bertz CT molecular complexity index is 3960. The lowest BCUT2D eigenvalue weighted by Gasteiger charge is -2.34. The zero-order valence-corrected chi connectivity index (χ0v) is 66.1. The number of nitrogens with two attached hydrogens (primary N) is 2. The number of carboxylic acid groups (broad SMARTS) is 3. The summed E-state index contributed by atoms with van der Waals surface area (Å²) < 4.78 is 0. The number of hydrogen-bond donors (Lipinski definition) is 16. The van der Waals surface area contributed by atoms with Gasteiger partial charge in [-0.25, -0.2) is 4.98 Å². The zero-order valence-electron chi connectivity index (χ0n) is 65.2. The van der Waals surface area contributed by atoms with E-state index in [2.05, 4.69) is 62.8 Å². The lowest BCUT2D eigenvalue weighted by atomic mass is 10.0. The van der Waals surface area contributed by atoms with Gasteiger partial charge in [0.25, 0.3) is 0 Å². The van der Waals surface area contributed by atoms with Crippen molar-refractivity contribution in [2.45, 2.75) is 147 Å². The van der Waals surface area contributed by atoms with Crippen molar-refractivity contribution in [1.82, 2.24) is 92.2 Å². The second-order valence-electron chi connectivity index (χ2n) is 29.9. The van der Waals surface area contributed by atoms with Crippen molar-refractivity contribution < 1.29 is 87.2 Å². The Hall–Kier alpha value is -10.6. The van der Waals surface area contributed by atoms with E-state index in [-0.39, 0.29) is 141 Å². The highest BCUT2D eigenvalue weighted by Gasteiger charge is 2.40. The van der Waals surface area contributed by atoms with Crippen LogP contribution in [-0.4, -0.2) is 319 Å². The molecule has 5 heterocycles. The number of H-pyrrole nitrogens is 2. The summed E-state index contributed by atoms with van der Waals surface area (Å²) in [6.07, 6.45) is 4.37. The number of hydrogen-bond acceptors (Lipinski definition) is 22. The third-order valence-electron chi connectivity index (χ3n) is 19.8. The van der Waals surface area contributed by atoms with Gasteiger partial charge < -0.3 is 89.5 Å². The fourth-order valence-electron chi connectivity index (χ4n) is 13.6. The second kappa shape index (κ2) is 44.7. The maximum atomic E-state index is 14.8. The Balaban J connectivity index is 0.984. The van der Waals surface area contributed by atoms with E-state index in [1.165, 1.54) is 36.1 Å². The summed E-state index contributed by atoms with van der Waals surface area (Å²) >= 11 is 1.34. The average Bonchev–Trinajstić information content (AvgIpc) is 1.64. The highest BCUT2D eigenvalue weighted by Crippen LogP contribution is 2.25. The number of carboxylic acids is 3. The quantitative estimate of drug-likeness (QED) is 0.0203. The fraction of sp³-hybridized carbons (Fsp3) is 0.573. The van der Waals surface area contributed by atoms with Gasteiger partial charge in [-0.3, -0.25) is 96.4 Å². The number of amides is 12. The van der Waals surface area contributed by atoms with Crippen LogP contribution >= 0.6 is 11.8 Å². The van der Waals surface area contributed by atoms with Gasteiger partial charge in [-0.05, 0) is 74.6 Å². The van der Waals surface area contributed by atoms with Crippen LogP contribution < -0.4 is 59.3 Å². The number of fused-ring (bicyclic) bond motifs is 1. The van der Waals surface area contributed by atoms with Crippen molar-refractivity contribution in [1.29, 1.82) is 0 Å². The summed E-state index contributed by atoms with van der Waals surface area (Å²) in [7, 11) is 0. The molecule has 3 aliphatic rings. The van der Waals surface area contributed by atoms with E-state index in [0.717, 1.165) is 5.56 Å². The van der Waals surface area contributed by atoms with Gasteiger partial charge in [-0.2, -0.15) is 0 Å². The maximum absolute atomic E-state index is 14.8. The first-order valence-electron chi connectivity index (χ1n) is 38.2. The Morgan fingerprint density at radius 1 is 0.561 bits per heavy atom. The van der Waals surface area contributed by atoms with Crippen LogP contribution in [0.4, 0.5) is 0 Å². The largest absolute Gasteiger partial charge is 0.480 e. The lowest BCUT2D eigenvalue weighted by Crippen LogP contribution is -2.60. The van der Waals surface area contributed by atoms with Crippen LogP contribution in [-0.2, 0) is 91.2 Å². The van der Waals surface area contributed by atoms with E-state index >= 15 is 0 Å². The van der Waals surface area contributed by atoms with Crippen LogP contribution in [0.3, 0.4) is 0 Å². The SMILES string of the molecule is Cc1ccc2[nH]cc(C[C@H](NC(=O)[C@H](CCC(N)=O)NC(=O)[C@@H](Cc3ccccc3)NC(=O)CN3CCC(NC(=O)CN4CCN(CC(=O)O)CCN(CC(=O)O)CCN(CC(=O)O)CC4)CC3)C(=O)N[C@@H](C)C(=O)N[C@H](C(=O)NCC(=O)N[C@@H](Cc3cnc[nH]3)C(=O)NC(CC(C)C)C(=O)N3CSC[C@H]3C(N)=O)C(C)C)c2c1. The Morgan fingerprint density at radius 3 is 1.64 bits per heavy atom. The number of carbonyl (C=O) groups is 15. The normalized spacial score (nSPS) is 17.8. The monoisotopic (exact) mass is 1610 g/mol. The number of carbonyl (C=O) groups excluding carboxylic acids is 12. The van der Waals surface area contributed by atoms with Gasteiger partial charge >= 0.3 is 17.9 Å². The number of aliphatic carboxylic acids is 3. The number of aryl methyl sites for hydroxylation is 1. The van der Waals surface area contributed by atoms with Crippen molar-refractivity contribution in [3.05, 3.63) is 89.6 Å². The van der Waals surface area contributed by atoms with Crippen LogP contribution in [0.2, 0.25) is 0 Å². The number of rotatable bonds is 40. The molecule has 2 aromatic heterocycles. The summed E-state index contributed by atoms with van der Waals surface area (Å²) in [5, 5.41) is 54.0. The second-order valence-corrected chi connectivity index (χ2v) is 30.9. The molecule has 0 bridgehead atoms. The average molecular weight is 1610 g/mol. The topological polar surface area (TPSA) is 541 Å². The molecule has 39 heteroatoms. The number of likely N-dealkylation sites (tertiary alicyclic amines) is 1. The molecule has 12 amide bonds. The molecule has 8 atom stereocenters. The van der Waals surface area contributed by atoms with Gasteiger partial charge in [-0.15, -0.1) is 11.8 Å². The number of benzene rings is 2. The molecule has 18 N–H and O–H groups in total. The summed E-state index contributed by atoms with van der Waals surface area (Å²) in [4.78, 5) is 222. The van der Waals surface area contributed by atoms with Crippen molar-refractivity contribution in [2.24, 2.45) is 23.3 Å². The van der Waals surface area contributed by atoms with Gasteiger partial charge in [0.1, 0.15) is 48.3 Å². The fourth-order valence-corrected chi connectivity index (χ4v) is 14.8. The van der Waals surface area contributed by atoms with E-state index in [4.69, 9.17) is 11.5 Å². The third-order valence-corrected chi connectivity index (χ3v) is 20.8. The number of imidazole rings is 1. The first kappa shape index (κ1) is 90.6. The maximum Gasteiger partial charge on any atom is 0.317 e. The third kappa shape index (κ3) is 30.1. The van der Waals surface area contributed by atoms with E-state index < -0.39 is 150 Å². The van der Waals surface area contributed by atoms with Crippen LogP contribution in [0.15, 0.2) is 67.3 Å². The molecule has 3 saturated heterocycles. The van der Waals surface area contributed by atoms with Crippen LogP contribution in [0, 0.1) is 18.8 Å². The molecule has 0 aliphatic carbocycles. The van der Waals surface area contributed by atoms with Crippen molar-refractivity contribution in [3.8, 4) is 0 Å². The van der Waals surface area contributed by atoms with Crippen molar-refractivity contribution in [3.63, 3.8) is 0 Å². The summed E-state index contributed by atoms with van der Waals surface area (Å²) in [6.45, 7) is 10.7. The molecule has 114 heavy (non-hydrogen) atoms. The minimum absolute atomic E-state index is 0.0614. The number of primary amides is 2. The molecule has 3 fully saturated rings. The van der Waals surface area contributed by atoms with E-state index in [1.54, 1.807) is 65.1 Å². The summed E-state index contributed by atoms with van der Waals surface area (Å²) in [5.41, 5.74) is 14.4. The molecule has 0 saturated carbocycles. The Kier molecular flexibility index (Phi) is 35.5. The summed E-state index contributed by atoms with van der Waals surface area (Å²) in [5.74, 6) is -12.3. The number of nitrogens with one attached hydrogen (secondary N) is 11. The molecular weight excluding hydrogens is 1500 g/mol. The molecule has 624 valence electrons. The van der Waals surface area contributed by atoms with Crippen LogP contribution in [0.1, 0.15) is 89.1 Å². The molecule has 3 aliphatic heterocycles. The Labute approximate surface area is 664 Å². The smallest absolute Gasteiger partial charge is 0.317 e. The van der Waals surface area contributed by atoms with E-state index in [0.29, 0.717) is 59.4 Å². The van der Waals surface area contributed by atoms with Gasteiger partial charge in [0.05, 0.1) is 51.5 Å². The highest BCUT2D eigenvalue weighted by molar-refractivity contribution is 7.99. The zero-order chi connectivity index (χ0) is 83.3. The highest BCUT2D eigenvalue weighted by atomic mass is 32.2. The predicted octanol–water partition coefficient (Wildman–Crippen LogP) is -3.83. The summed E-state index contributed by atoms with van der Waals surface area (Å²) in [6, 6.07) is 3.63. The minimum atomic E-state index is -1.55. The molecule has 7 rings (SSSR count). The van der Waals surface area contributed by atoms with Crippen molar-refractivity contribution in [2.75, 3.05) is 116 Å². The number of aromatic amines is 2. The molecular formula is C75H110N20O18S. The van der Waals surface area contributed by atoms with Gasteiger partial charge in [0, 0.05) is 132 Å². The van der Waals surface area contributed by atoms with E-state index in [1.807, 2.05) is 48.8 Å². The standard InChI is InChI=1S/C75H110N20O18S/c1-44(2)28-58(75(113)95-43-114-41-59(95)68(77)106)88-73(111)57(32-51-34-78-42-81-51)84-61(97)35-80-74(112)67(45(3)4)89-69(107)47(6)82-71(109)56(31-49-33-79-53-13-12-46(5)29-52(49)53)87-70(108)54(14-15-60(76)96)86-72(110)55(30-48-10-8-7-9-11-48)85-63(99)37-90-18-16-50(17-19-90)83-62(98)36-91-20-22-92(38-64(100)101)24-26-94(40-66(104)105)27-25-93(23-21-91)39-65(102)103/h7-13,29,33-34,42,44-45,47,50,54-59,67,79H,14-28,30-32,35-41,43H2,1-6H3,(H2,76,96)(H2,77,106)(H,78,81)(H,80,112)(H,82,109)(H,83,98)(H,84,97)(H,85,99)(H,86,110)(H,87,108)(H,88,111)(H,89,107)(H,100,101)(H,102,103)(H,104,105)/t47-,54-,55+,56-,57-,58?,59-,67-/m0/s1. The predicted molar refractivity (Wildman–Crippen MR) is 418 cm³/mol. The number of piperidine rings is 1. The molecule has 38 nitrogen and oxygen atoms in total. The van der Waals surface area contributed by atoms with Gasteiger partial charge in [-0.1, -0.05) is 69.7 Å². The number of nitrogens with zero attached hydrogens (tertiary/aromatic N) is 7. The number of aromatic nitrogens is 3. The number of thioether (sulfide) groups is 1. The first-order valence-corrected chi connectivity index (χ1v) is 39.3. The molecule has 0 radical (unpaired) electrons. The molecule has 4 aromatic rings. The van der Waals surface area contributed by atoms with Gasteiger partial charge in [0.15, 0.2) is 0 Å². The molecule has 2 aromatic carbocycles. The molecule has 1 unspecified atom stereocenters. The Morgan fingerprint density at radius 2 is 1.09 bits per heavy atom. The minimum Gasteiger partial charge on any atom is -0.480 e. The first-order chi connectivity index (χ1) is 54.2. The lowest BCUT2D eigenvalue weighted by molar-refractivity contribution is -0.141.